The Morgan fingerprint density at radius 3 is 2.95 bits per heavy atom. The van der Waals surface area contributed by atoms with Crippen LogP contribution in [0.15, 0.2) is 22.9 Å². The molecule has 0 saturated heterocycles. The van der Waals surface area contributed by atoms with E-state index in [1.54, 1.807) is 17.5 Å². The zero-order chi connectivity index (χ0) is 14.5. The maximum Gasteiger partial charge on any atom is 0.230 e. The minimum atomic E-state index is -0.00269. The van der Waals surface area contributed by atoms with Crippen molar-refractivity contribution in [1.29, 1.82) is 0 Å². The molecule has 2 aromatic rings. The van der Waals surface area contributed by atoms with E-state index in [9.17, 15) is 4.79 Å². The van der Waals surface area contributed by atoms with Crippen LogP contribution in [0.5, 0.6) is 0 Å². The third kappa shape index (κ3) is 4.08. The van der Waals surface area contributed by atoms with E-state index in [4.69, 9.17) is 0 Å². The van der Waals surface area contributed by atoms with Gasteiger partial charge >= 0.3 is 0 Å². The van der Waals surface area contributed by atoms with Crippen LogP contribution in [-0.2, 0) is 18.4 Å². The SMILES string of the molecule is CC(C)c1nc(CNC(=O)CSc2nccn2C)cs1. The number of amides is 1. The Hall–Kier alpha value is -1.34. The van der Waals surface area contributed by atoms with Crippen molar-refractivity contribution in [1.82, 2.24) is 19.9 Å². The maximum atomic E-state index is 11.8. The normalized spacial score (nSPS) is 11.0. The molecule has 1 N–H and O–H groups in total. The molecule has 0 aliphatic heterocycles. The zero-order valence-electron chi connectivity index (χ0n) is 11.8. The summed E-state index contributed by atoms with van der Waals surface area (Å²) in [6.45, 7) is 4.72. The highest BCUT2D eigenvalue weighted by atomic mass is 32.2. The molecule has 0 atom stereocenters. The number of thiazole rings is 1. The fraction of sp³-hybridized carbons (Fsp3) is 0.462. The summed E-state index contributed by atoms with van der Waals surface area (Å²) in [5, 5.41) is 6.83. The Labute approximate surface area is 126 Å². The van der Waals surface area contributed by atoms with Gasteiger partial charge in [0, 0.05) is 30.7 Å². The van der Waals surface area contributed by atoms with Gasteiger partial charge in [-0.15, -0.1) is 11.3 Å². The minimum Gasteiger partial charge on any atom is -0.350 e. The molecule has 1 amide bonds. The summed E-state index contributed by atoms with van der Waals surface area (Å²) < 4.78 is 1.90. The molecule has 0 unspecified atom stereocenters. The molecule has 7 heteroatoms. The first kappa shape index (κ1) is 15.1. The lowest BCUT2D eigenvalue weighted by Crippen LogP contribution is -2.24. The Morgan fingerprint density at radius 1 is 1.55 bits per heavy atom. The molecule has 0 saturated carbocycles. The minimum absolute atomic E-state index is 0.00269. The van der Waals surface area contributed by atoms with Gasteiger partial charge in [0.15, 0.2) is 5.16 Å². The van der Waals surface area contributed by atoms with Crippen LogP contribution in [0.2, 0.25) is 0 Å². The highest BCUT2D eigenvalue weighted by Crippen LogP contribution is 2.19. The first-order valence-corrected chi connectivity index (χ1v) is 8.24. The third-order valence-electron chi connectivity index (χ3n) is 2.64. The lowest BCUT2D eigenvalue weighted by atomic mass is 10.2. The number of hydrogen-bond donors (Lipinski definition) is 1. The molecule has 2 heterocycles. The monoisotopic (exact) mass is 310 g/mol. The molecule has 5 nitrogen and oxygen atoms in total. The van der Waals surface area contributed by atoms with Crippen molar-refractivity contribution in [2.24, 2.45) is 7.05 Å². The van der Waals surface area contributed by atoms with Gasteiger partial charge in [-0.25, -0.2) is 9.97 Å². The summed E-state index contributed by atoms with van der Waals surface area (Å²) in [5.41, 5.74) is 0.925. The van der Waals surface area contributed by atoms with Gasteiger partial charge in [0.2, 0.25) is 5.91 Å². The van der Waals surface area contributed by atoms with E-state index in [0.29, 0.717) is 18.2 Å². The van der Waals surface area contributed by atoms with Gasteiger partial charge in [-0.2, -0.15) is 0 Å². The summed E-state index contributed by atoms with van der Waals surface area (Å²) in [4.78, 5) is 20.4. The standard InChI is InChI=1S/C13H18N4OS2/c1-9(2)12-16-10(7-19-12)6-15-11(18)8-20-13-14-4-5-17(13)3/h4-5,7,9H,6,8H2,1-3H3,(H,15,18). The summed E-state index contributed by atoms with van der Waals surface area (Å²) in [5.74, 6) is 0.798. The average Bonchev–Trinajstić information content (AvgIpc) is 3.03. The predicted molar refractivity (Wildman–Crippen MR) is 82.0 cm³/mol. The lowest BCUT2D eigenvalue weighted by molar-refractivity contribution is -0.118. The summed E-state index contributed by atoms with van der Waals surface area (Å²) in [6.07, 6.45) is 3.59. The molecule has 2 aromatic heterocycles. The van der Waals surface area contributed by atoms with Crippen LogP contribution in [0, 0.1) is 0 Å². The molecule has 0 aromatic carbocycles. The van der Waals surface area contributed by atoms with E-state index in [0.717, 1.165) is 15.9 Å². The van der Waals surface area contributed by atoms with Crippen LogP contribution in [0.1, 0.15) is 30.5 Å². The van der Waals surface area contributed by atoms with Crippen LogP contribution in [0.3, 0.4) is 0 Å². The first-order valence-electron chi connectivity index (χ1n) is 6.37. The topological polar surface area (TPSA) is 59.8 Å². The molecule has 0 bridgehead atoms. The first-order chi connectivity index (χ1) is 9.56. The molecule has 0 spiro atoms. The van der Waals surface area contributed by atoms with Gasteiger partial charge in [0.25, 0.3) is 0 Å². The smallest absolute Gasteiger partial charge is 0.230 e. The largest absolute Gasteiger partial charge is 0.350 e. The number of rotatable bonds is 6. The number of hydrogen-bond acceptors (Lipinski definition) is 5. The van der Waals surface area contributed by atoms with E-state index in [-0.39, 0.29) is 5.91 Å². The molecule has 108 valence electrons. The van der Waals surface area contributed by atoms with Gasteiger partial charge in [-0.1, -0.05) is 25.6 Å². The van der Waals surface area contributed by atoms with Crippen molar-refractivity contribution in [3.05, 3.63) is 28.5 Å². The van der Waals surface area contributed by atoms with Crippen LogP contribution in [0.4, 0.5) is 0 Å². The van der Waals surface area contributed by atoms with Gasteiger partial charge in [-0.3, -0.25) is 4.79 Å². The molecule has 0 radical (unpaired) electrons. The van der Waals surface area contributed by atoms with Crippen molar-refractivity contribution in [2.45, 2.75) is 31.5 Å². The molecular formula is C13H18N4OS2. The maximum absolute atomic E-state index is 11.8. The number of nitrogens with zero attached hydrogens (tertiary/aromatic N) is 3. The summed E-state index contributed by atoms with van der Waals surface area (Å²) in [6, 6.07) is 0. The Kier molecular flexibility index (Phi) is 5.19. The Bertz CT molecular complexity index is 576. The number of thioether (sulfide) groups is 1. The quantitative estimate of drug-likeness (QED) is 0.832. The summed E-state index contributed by atoms with van der Waals surface area (Å²) in [7, 11) is 1.91. The molecule has 0 fully saturated rings. The second kappa shape index (κ2) is 6.90. The molecule has 0 aliphatic carbocycles. The third-order valence-corrected chi connectivity index (χ3v) is 4.89. The van der Waals surface area contributed by atoms with Crippen LogP contribution in [0.25, 0.3) is 0 Å². The highest BCUT2D eigenvalue weighted by Gasteiger charge is 2.08. The van der Waals surface area contributed by atoms with Gasteiger partial charge in [0.1, 0.15) is 0 Å². The van der Waals surface area contributed by atoms with Crippen molar-refractivity contribution in [3.8, 4) is 0 Å². The number of imidazole rings is 1. The lowest BCUT2D eigenvalue weighted by Gasteiger charge is -2.03. The predicted octanol–water partition coefficient (Wildman–Crippen LogP) is 2.41. The fourth-order valence-corrected chi connectivity index (χ4v) is 3.13. The van der Waals surface area contributed by atoms with Crippen molar-refractivity contribution in [2.75, 3.05) is 5.75 Å². The van der Waals surface area contributed by atoms with E-state index in [1.807, 2.05) is 23.2 Å². The molecule has 20 heavy (non-hydrogen) atoms. The van der Waals surface area contributed by atoms with Crippen molar-refractivity contribution in [3.63, 3.8) is 0 Å². The fourth-order valence-electron chi connectivity index (χ4n) is 1.53. The van der Waals surface area contributed by atoms with Crippen LogP contribution < -0.4 is 5.32 Å². The second-order valence-electron chi connectivity index (χ2n) is 4.72. The van der Waals surface area contributed by atoms with Crippen molar-refractivity contribution < 1.29 is 4.79 Å². The average molecular weight is 310 g/mol. The summed E-state index contributed by atoms with van der Waals surface area (Å²) >= 11 is 3.07. The number of carbonyl (C=O) groups is 1. The molecular weight excluding hydrogens is 292 g/mol. The van der Waals surface area contributed by atoms with E-state index < -0.39 is 0 Å². The van der Waals surface area contributed by atoms with E-state index in [1.165, 1.54) is 11.8 Å². The van der Waals surface area contributed by atoms with Crippen LogP contribution >= 0.6 is 23.1 Å². The molecule has 2 rings (SSSR count). The van der Waals surface area contributed by atoms with E-state index >= 15 is 0 Å². The second-order valence-corrected chi connectivity index (χ2v) is 6.55. The highest BCUT2D eigenvalue weighted by molar-refractivity contribution is 7.99. The van der Waals surface area contributed by atoms with Gasteiger partial charge in [0.05, 0.1) is 23.0 Å². The van der Waals surface area contributed by atoms with Gasteiger partial charge in [-0.05, 0) is 0 Å². The Balaban J connectivity index is 1.76. The number of aryl methyl sites for hydroxylation is 1. The van der Waals surface area contributed by atoms with Crippen molar-refractivity contribution >= 4 is 29.0 Å². The van der Waals surface area contributed by atoms with Crippen LogP contribution in [-0.4, -0.2) is 26.2 Å². The van der Waals surface area contributed by atoms with Gasteiger partial charge < -0.3 is 9.88 Å². The number of nitrogens with one attached hydrogen (secondary N) is 1. The number of carbonyl (C=O) groups excluding carboxylic acids is 1. The zero-order valence-corrected chi connectivity index (χ0v) is 13.4. The molecule has 0 aliphatic rings. The number of aromatic nitrogens is 3. The Morgan fingerprint density at radius 2 is 2.35 bits per heavy atom. The van der Waals surface area contributed by atoms with E-state index in [2.05, 4.69) is 29.1 Å².